The summed E-state index contributed by atoms with van der Waals surface area (Å²) in [5.74, 6) is 0.777. The Morgan fingerprint density at radius 3 is 2.43 bits per heavy atom. The van der Waals surface area contributed by atoms with Gasteiger partial charge in [0, 0.05) is 59.4 Å². The second kappa shape index (κ2) is 13.0. The number of guanidine groups is 1. The van der Waals surface area contributed by atoms with E-state index in [2.05, 4.69) is 32.3 Å². The Labute approximate surface area is 170 Å². The van der Waals surface area contributed by atoms with Gasteiger partial charge in [0.1, 0.15) is 6.54 Å². The van der Waals surface area contributed by atoms with Gasteiger partial charge in [-0.05, 0) is 25.8 Å². The summed E-state index contributed by atoms with van der Waals surface area (Å²) in [4.78, 5) is 23.0. The van der Waals surface area contributed by atoms with Crippen molar-refractivity contribution < 1.29 is 9.53 Å². The normalized spacial score (nSPS) is 20.2. The van der Waals surface area contributed by atoms with Crippen LogP contribution < -0.4 is 10.6 Å². The Hall–Kier alpha value is -1.38. The molecule has 2 rings (SSSR count). The molecule has 2 heterocycles. The second-order valence-corrected chi connectivity index (χ2v) is 7.95. The summed E-state index contributed by atoms with van der Waals surface area (Å²) < 4.78 is 5.40. The molecule has 0 bridgehead atoms. The molecule has 0 saturated carbocycles. The van der Waals surface area contributed by atoms with E-state index in [4.69, 9.17) is 4.74 Å². The summed E-state index contributed by atoms with van der Waals surface area (Å²) in [7, 11) is 3.53. The fourth-order valence-corrected chi connectivity index (χ4v) is 3.47. The van der Waals surface area contributed by atoms with E-state index in [0.29, 0.717) is 6.04 Å². The molecule has 0 aromatic carbocycles. The first kappa shape index (κ1) is 22.9. The molecule has 2 aliphatic rings. The van der Waals surface area contributed by atoms with Gasteiger partial charge in [0.05, 0.1) is 13.2 Å². The van der Waals surface area contributed by atoms with Crippen LogP contribution in [0, 0.1) is 0 Å². The van der Waals surface area contributed by atoms with Crippen molar-refractivity contribution in [2.45, 2.75) is 38.6 Å². The van der Waals surface area contributed by atoms with Crippen molar-refractivity contribution in [1.29, 1.82) is 0 Å². The minimum atomic E-state index is 0.0173. The molecule has 2 N–H and O–H groups in total. The first-order valence-electron chi connectivity index (χ1n) is 10.9. The van der Waals surface area contributed by atoms with Crippen molar-refractivity contribution in [2.24, 2.45) is 4.99 Å². The number of likely N-dealkylation sites (N-methyl/N-ethyl adjacent to an activating group) is 1. The smallest absolute Gasteiger partial charge is 0.243 e. The van der Waals surface area contributed by atoms with Gasteiger partial charge < -0.3 is 25.2 Å². The highest BCUT2D eigenvalue weighted by molar-refractivity contribution is 5.84. The molecule has 0 aromatic rings. The van der Waals surface area contributed by atoms with Crippen molar-refractivity contribution in [3.63, 3.8) is 0 Å². The standard InChI is InChI=1S/C20H40N6O2/c1-4-5-9-25-10-6-18(7-11-25)23-20(22-17-19(27)24(2)3)21-8-12-26-13-15-28-16-14-26/h18H,4-17H2,1-3H3,(H2,21,22,23). The number of carbonyl (C=O) groups is 1. The summed E-state index contributed by atoms with van der Waals surface area (Å²) >= 11 is 0. The van der Waals surface area contributed by atoms with Crippen LogP contribution in [0.4, 0.5) is 0 Å². The monoisotopic (exact) mass is 396 g/mol. The zero-order valence-corrected chi connectivity index (χ0v) is 18.1. The molecule has 0 radical (unpaired) electrons. The fourth-order valence-electron chi connectivity index (χ4n) is 3.47. The van der Waals surface area contributed by atoms with Crippen LogP contribution in [0.5, 0.6) is 0 Å². The number of nitrogens with one attached hydrogen (secondary N) is 2. The van der Waals surface area contributed by atoms with Crippen LogP contribution in [0.15, 0.2) is 4.99 Å². The number of unbranched alkanes of at least 4 members (excludes halogenated alkanes) is 1. The third kappa shape index (κ3) is 8.75. The number of rotatable bonds is 9. The van der Waals surface area contributed by atoms with E-state index in [0.717, 1.165) is 71.3 Å². The lowest BCUT2D eigenvalue weighted by Crippen LogP contribution is -2.50. The number of piperidine rings is 1. The number of amides is 1. The van der Waals surface area contributed by atoms with E-state index in [-0.39, 0.29) is 12.5 Å². The van der Waals surface area contributed by atoms with E-state index in [9.17, 15) is 4.79 Å². The molecule has 28 heavy (non-hydrogen) atoms. The molecule has 162 valence electrons. The van der Waals surface area contributed by atoms with E-state index in [1.807, 2.05) is 0 Å². The van der Waals surface area contributed by atoms with Crippen molar-refractivity contribution >= 4 is 11.9 Å². The van der Waals surface area contributed by atoms with Crippen LogP contribution in [0.1, 0.15) is 32.6 Å². The minimum Gasteiger partial charge on any atom is -0.379 e. The molecular formula is C20H40N6O2. The molecule has 0 unspecified atom stereocenters. The Morgan fingerprint density at radius 1 is 1.11 bits per heavy atom. The Kier molecular flexibility index (Phi) is 10.6. The van der Waals surface area contributed by atoms with Gasteiger partial charge in [-0.2, -0.15) is 0 Å². The van der Waals surface area contributed by atoms with Crippen LogP contribution in [0.3, 0.4) is 0 Å². The Morgan fingerprint density at radius 2 is 1.79 bits per heavy atom. The first-order chi connectivity index (χ1) is 13.6. The first-order valence-corrected chi connectivity index (χ1v) is 10.9. The minimum absolute atomic E-state index is 0.0173. The van der Waals surface area contributed by atoms with E-state index in [1.165, 1.54) is 19.4 Å². The predicted molar refractivity (Wildman–Crippen MR) is 114 cm³/mol. The second-order valence-electron chi connectivity index (χ2n) is 7.95. The summed E-state index contributed by atoms with van der Waals surface area (Å²) in [6, 6.07) is 0.418. The number of aliphatic imine (C=N–C) groups is 1. The molecule has 0 aliphatic carbocycles. The molecule has 2 fully saturated rings. The number of ether oxygens (including phenoxy) is 1. The van der Waals surface area contributed by atoms with Gasteiger partial charge in [0.2, 0.25) is 5.91 Å². The predicted octanol–water partition coefficient (Wildman–Crippen LogP) is 0.207. The molecule has 8 heteroatoms. The number of hydrogen-bond acceptors (Lipinski definition) is 5. The van der Waals surface area contributed by atoms with Crippen LogP contribution in [0.2, 0.25) is 0 Å². The highest BCUT2D eigenvalue weighted by Crippen LogP contribution is 2.11. The summed E-state index contributed by atoms with van der Waals surface area (Å²) in [5.41, 5.74) is 0. The van der Waals surface area contributed by atoms with Crippen LogP contribution in [-0.4, -0.2) is 112 Å². The summed E-state index contributed by atoms with van der Waals surface area (Å²) in [5, 5.41) is 6.99. The lowest BCUT2D eigenvalue weighted by molar-refractivity contribution is -0.127. The third-order valence-electron chi connectivity index (χ3n) is 5.45. The average molecular weight is 397 g/mol. The summed E-state index contributed by atoms with van der Waals surface area (Å²) in [6.07, 6.45) is 4.77. The quantitative estimate of drug-likeness (QED) is 0.429. The molecule has 2 saturated heterocycles. The number of hydrogen-bond donors (Lipinski definition) is 2. The van der Waals surface area contributed by atoms with E-state index < -0.39 is 0 Å². The lowest BCUT2D eigenvalue weighted by Gasteiger charge is -2.33. The molecule has 2 aliphatic heterocycles. The molecular weight excluding hydrogens is 356 g/mol. The van der Waals surface area contributed by atoms with E-state index in [1.54, 1.807) is 19.0 Å². The van der Waals surface area contributed by atoms with Gasteiger partial charge >= 0.3 is 0 Å². The van der Waals surface area contributed by atoms with Crippen molar-refractivity contribution in [3.05, 3.63) is 0 Å². The van der Waals surface area contributed by atoms with Gasteiger partial charge in [-0.1, -0.05) is 13.3 Å². The van der Waals surface area contributed by atoms with Crippen LogP contribution in [-0.2, 0) is 9.53 Å². The van der Waals surface area contributed by atoms with Gasteiger partial charge in [-0.25, -0.2) is 4.99 Å². The molecule has 0 spiro atoms. The van der Waals surface area contributed by atoms with Gasteiger partial charge in [0.25, 0.3) is 0 Å². The zero-order chi connectivity index (χ0) is 20.2. The van der Waals surface area contributed by atoms with Crippen molar-refractivity contribution in [3.8, 4) is 0 Å². The zero-order valence-electron chi connectivity index (χ0n) is 18.1. The van der Waals surface area contributed by atoms with Gasteiger partial charge in [-0.3, -0.25) is 9.69 Å². The third-order valence-corrected chi connectivity index (χ3v) is 5.45. The number of nitrogens with zero attached hydrogens (tertiary/aromatic N) is 4. The van der Waals surface area contributed by atoms with Gasteiger partial charge in [0.15, 0.2) is 5.96 Å². The highest BCUT2D eigenvalue weighted by atomic mass is 16.5. The number of likely N-dealkylation sites (tertiary alicyclic amines) is 1. The van der Waals surface area contributed by atoms with Crippen molar-refractivity contribution in [2.75, 3.05) is 79.7 Å². The molecule has 8 nitrogen and oxygen atoms in total. The maximum atomic E-state index is 11.9. The molecule has 1 amide bonds. The SMILES string of the molecule is CCCCN1CCC(NC(=NCC(=O)N(C)C)NCCN2CCOCC2)CC1. The number of morpholine rings is 1. The number of carbonyl (C=O) groups excluding carboxylic acids is 1. The summed E-state index contributed by atoms with van der Waals surface area (Å²) in [6.45, 7) is 11.3. The van der Waals surface area contributed by atoms with Crippen LogP contribution >= 0.6 is 0 Å². The topological polar surface area (TPSA) is 72.4 Å². The van der Waals surface area contributed by atoms with E-state index >= 15 is 0 Å². The maximum Gasteiger partial charge on any atom is 0.243 e. The lowest BCUT2D eigenvalue weighted by atomic mass is 10.0. The molecule has 0 aromatic heterocycles. The van der Waals surface area contributed by atoms with Gasteiger partial charge in [-0.15, -0.1) is 0 Å². The largest absolute Gasteiger partial charge is 0.379 e. The van der Waals surface area contributed by atoms with Crippen molar-refractivity contribution in [1.82, 2.24) is 25.3 Å². The fraction of sp³-hybridized carbons (Fsp3) is 0.900. The highest BCUT2D eigenvalue weighted by Gasteiger charge is 2.20. The molecule has 0 atom stereocenters. The average Bonchev–Trinajstić information content (AvgIpc) is 2.71. The maximum absolute atomic E-state index is 11.9. The Balaban J connectivity index is 1.80. The Bertz CT molecular complexity index is 471. The van der Waals surface area contributed by atoms with Crippen LogP contribution in [0.25, 0.3) is 0 Å².